The van der Waals surface area contributed by atoms with Crippen molar-refractivity contribution in [1.29, 1.82) is 0 Å². The predicted octanol–water partition coefficient (Wildman–Crippen LogP) is 2.81. The van der Waals surface area contributed by atoms with Crippen LogP contribution in [-0.2, 0) is 6.54 Å². The summed E-state index contributed by atoms with van der Waals surface area (Å²) in [6.45, 7) is 0.773. The Morgan fingerprint density at radius 2 is 2.12 bits per heavy atom. The minimum absolute atomic E-state index is 0.422. The van der Waals surface area contributed by atoms with Gasteiger partial charge in [-0.1, -0.05) is 17.7 Å². The maximum Gasteiger partial charge on any atom is 0.135 e. The summed E-state index contributed by atoms with van der Waals surface area (Å²) in [5.41, 5.74) is 3.36. The van der Waals surface area contributed by atoms with Crippen molar-refractivity contribution in [3.05, 3.63) is 46.9 Å². The first-order valence-electron chi connectivity index (χ1n) is 5.18. The quantitative estimate of drug-likeness (QED) is 0.827. The van der Waals surface area contributed by atoms with E-state index in [2.05, 4.69) is 26.3 Å². The number of nitrogens with zero attached hydrogens (tertiary/aromatic N) is 3. The van der Waals surface area contributed by atoms with Gasteiger partial charge in [0.15, 0.2) is 0 Å². The zero-order valence-corrected chi connectivity index (χ0v) is 9.65. The number of fused-ring (bicyclic) bond motifs is 1. The van der Waals surface area contributed by atoms with E-state index in [1.54, 1.807) is 6.07 Å². The summed E-state index contributed by atoms with van der Waals surface area (Å²) in [6.07, 6.45) is 3.31. The van der Waals surface area contributed by atoms with Gasteiger partial charge in [-0.05, 0) is 23.3 Å². The van der Waals surface area contributed by atoms with Crippen molar-refractivity contribution in [3.63, 3.8) is 0 Å². The lowest BCUT2D eigenvalue weighted by molar-refractivity contribution is 1.11. The van der Waals surface area contributed by atoms with Crippen molar-refractivity contribution in [2.75, 3.05) is 5.32 Å². The molecule has 0 saturated heterocycles. The molecular weight excluding hydrogens is 236 g/mol. The topological polar surface area (TPSA) is 50.2 Å². The van der Waals surface area contributed by atoms with Crippen LogP contribution in [0.1, 0.15) is 11.1 Å². The lowest BCUT2D eigenvalue weighted by atomic mass is 10.1. The van der Waals surface area contributed by atoms with Crippen molar-refractivity contribution in [3.8, 4) is 0 Å². The van der Waals surface area contributed by atoms with Gasteiger partial charge in [0, 0.05) is 18.0 Å². The molecular formula is C12H9ClN4. The van der Waals surface area contributed by atoms with Crippen molar-refractivity contribution >= 4 is 29.3 Å². The van der Waals surface area contributed by atoms with Gasteiger partial charge in [-0.2, -0.15) is 0 Å². The van der Waals surface area contributed by atoms with Gasteiger partial charge in [-0.15, -0.1) is 0 Å². The third-order valence-corrected chi connectivity index (χ3v) is 2.75. The summed E-state index contributed by atoms with van der Waals surface area (Å²) in [5, 5.41) is 3.60. The van der Waals surface area contributed by atoms with Crippen LogP contribution in [0.3, 0.4) is 0 Å². The molecule has 0 aliphatic carbocycles. The van der Waals surface area contributed by atoms with E-state index in [4.69, 9.17) is 11.6 Å². The van der Waals surface area contributed by atoms with Gasteiger partial charge in [-0.25, -0.2) is 9.97 Å². The smallest absolute Gasteiger partial charge is 0.135 e. The van der Waals surface area contributed by atoms with Crippen molar-refractivity contribution in [2.24, 2.45) is 4.99 Å². The Kier molecular flexibility index (Phi) is 2.49. The maximum atomic E-state index is 5.79. The highest BCUT2D eigenvalue weighted by Crippen LogP contribution is 2.22. The van der Waals surface area contributed by atoms with E-state index >= 15 is 0 Å². The van der Waals surface area contributed by atoms with Crippen molar-refractivity contribution in [1.82, 2.24) is 9.97 Å². The van der Waals surface area contributed by atoms with Crippen LogP contribution in [0.25, 0.3) is 0 Å². The molecule has 0 bridgehead atoms. The number of rotatable bonds is 2. The zero-order valence-electron chi connectivity index (χ0n) is 8.89. The highest BCUT2D eigenvalue weighted by molar-refractivity contribution is 6.29. The van der Waals surface area contributed by atoms with Crippen LogP contribution < -0.4 is 5.32 Å². The first-order valence-corrected chi connectivity index (χ1v) is 5.56. The lowest BCUT2D eigenvalue weighted by Gasteiger charge is -2.06. The zero-order chi connectivity index (χ0) is 11.7. The number of nitrogens with one attached hydrogen (secondary N) is 1. The number of halogens is 1. The van der Waals surface area contributed by atoms with Gasteiger partial charge >= 0.3 is 0 Å². The molecule has 0 radical (unpaired) electrons. The van der Waals surface area contributed by atoms with Crippen LogP contribution in [0.15, 0.2) is 35.6 Å². The Morgan fingerprint density at radius 1 is 1.18 bits per heavy atom. The molecule has 84 valence electrons. The number of hydrogen-bond acceptors (Lipinski definition) is 4. The van der Waals surface area contributed by atoms with Crippen LogP contribution >= 0.6 is 11.6 Å². The van der Waals surface area contributed by atoms with Crippen LogP contribution in [0.2, 0.25) is 5.15 Å². The van der Waals surface area contributed by atoms with E-state index in [0.717, 1.165) is 17.8 Å². The molecule has 2 heterocycles. The summed E-state index contributed by atoms with van der Waals surface area (Å²) < 4.78 is 0. The summed E-state index contributed by atoms with van der Waals surface area (Å²) in [5.74, 6) is 0.680. The van der Waals surface area contributed by atoms with Crippen molar-refractivity contribution < 1.29 is 0 Å². The Balaban J connectivity index is 1.88. The molecule has 2 aromatic rings. The standard InChI is InChI=1S/C12H9ClN4/c13-11-4-12(16-7-15-11)17-10-2-1-8-5-14-6-9(8)3-10/h1-4,6-7H,5H2,(H,15,16,17). The second-order valence-corrected chi connectivity index (χ2v) is 4.12. The largest absolute Gasteiger partial charge is 0.340 e. The Labute approximate surface area is 103 Å². The van der Waals surface area contributed by atoms with Gasteiger partial charge in [0.2, 0.25) is 0 Å². The normalized spacial score (nSPS) is 12.5. The molecule has 5 heteroatoms. The number of aromatic nitrogens is 2. The minimum atomic E-state index is 0.422. The van der Waals surface area contributed by atoms with Crippen molar-refractivity contribution in [2.45, 2.75) is 6.54 Å². The summed E-state index contributed by atoms with van der Waals surface area (Å²) in [4.78, 5) is 12.1. The fourth-order valence-electron chi connectivity index (χ4n) is 1.73. The minimum Gasteiger partial charge on any atom is -0.340 e. The lowest BCUT2D eigenvalue weighted by Crippen LogP contribution is -1.95. The first kappa shape index (κ1) is 10.2. The summed E-state index contributed by atoms with van der Waals surface area (Å²) in [7, 11) is 0. The SMILES string of the molecule is Clc1cc(Nc2ccc3c(c2)C=NC3)ncn1. The highest BCUT2D eigenvalue weighted by Gasteiger charge is 2.06. The summed E-state index contributed by atoms with van der Waals surface area (Å²) in [6, 6.07) is 7.79. The van der Waals surface area contributed by atoms with E-state index in [1.165, 1.54) is 11.9 Å². The van der Waals surface area contributed by atoms with Gasteiger partial charge < -0.3 is 5.32 Å². The fraction of sp³-hybridized carbons (Fsp3) is 0.0833. The Morgan fingerprint density at radius 3 is 3.00 bits per heavy atom. The van der Waals surface area contributed by atoms with E-state index in [-0.39, 0.29) is 0 Å². The first-order chi connectivity index (χ1) is 8.31. The van der Waals surface area contributed by atoms with E-state index in [1.807, 2.05) is 18.3 Å². The number of anilines is 2. The Hall–Kier alpha value is -1.94. The highest BCUT2D eigenvalue weighted by atomic mass is 35.5. The molecule has 1 aliphatic heterocycles. The average Bonchev–Trinajstić information content (AvgIpc) is 2.76. The average molecular weight is 245 g/mol. The van der Waals surface area contributed by atoms with Crippen LogP contribution in [0.4, 0.5) is 11.5 Å². The molecule has 1 aromatic carbocycles. The molecule has 1 N–H and O–H groups in total. The molecule has 3 rings (SSSR count). The van der Waals surface area contributed by atoms with Gasteiger partial charge in [0.25, 0.3) is 0 Å². The van der Waals surface area contributed by atoms with E-state index in [9.17, 15) is 0 Å². The van der Waals surface area contributed by atoms with E-state index in [0.29, 0.717) is 11.0 Å². The van der Waals surface area contributed by atoms with E-state index < -0.39 is 0 Å². The molecule has 0 amide bonds. The number of aliphatic imine (C=N–C) groups is 1. The van der Waals surface area contributed by atoms with Crippen LogP contribution in [-0.4, -0.2) is 16.2 Å². The monoisotopic (exact) mass is 244 g/mol. The molecule has 0 fully saturated rings. The third-order valence-electron chi connectivity index (χ3n) is 2.54. The maximum absolute atomic E-state index is 5.79. The number of hydrogen-bond donors (Lipinski definition) is 1. The van der Waals surface area contributed by atoms with Crippen LogP contribution in [0, 0.1) is 0 Å². The third kappa shape index (κ3) is 2.12. The molecule has 4 nitrogen and oxygen atoms in total. The molecule has 17 heavy (non-hydrogen) atoms. The van der Waals surface area contributed by atoms with Gasteiger partial charge in [-0.3, -0.25) is 4.99 Å². The van der Waals surface area contributed by atoms with Gasteiger partial charge in [0.1, 0.15) is 17.3 Å². The molecule has 0 saturated carbocycles. The Bertz CT molecular complexity index is 595. The van der Waals surface area contributed by atoms with Gasteiger partial charge in [0.05, 0.1) is 6.54 Å². The van der Waals surface area contributed by atoms with Crippen LogP contribution in [0.5, 0.6) is 0 Å². The molecule has 1 aliphatic rings. The molecule has 1 aromatic heterocycles. The fourth-order valence-corrected chi connectivity index (χ4v) is 1.88. The molecule has 0 atom stereocenters. The second-order valence-electron chi connectivity index (χ2n) is 3.73. The predicted molar refractivity (Wildman–Crippen MR) is 68.1 cm³/mol. The molecule has 0 unspecified atom stereocenters. The second kappa shape index (κ2) is 4.14. The molecule has 0 spiro atoms. The number of benzene rings is 1. The summed E-state index contributed by atoms with van der Waals surface area (Å²) >= 11 is 5.79.